The quantitative estimate of drug-likeness (QED) is 0.314. The largest absolute Gasteiger partial charge is 0.480 e. The fourth-order valence-electron chi connectivity index (χ4n) is 5.90. The lowest BCUT2D eigenvalue weighted by Crippen LogP contribution is -2.61. The molecule has 41 heavy (non-hydrogen) atoms. The number of carbonyl (C=O) groups is 3. The Bertz CT molecular complexity index is 1500. The first-order chi connectivity index (χ1) is 19.0. The molecule has 1 saturated heterocycles. The molecule has 1 aliphatic heterocycles. The monoisotopic (exact) mass is 572 g/mol. The summed E-state index contributed by atoms with van der Waals surface area (Å²) >= 11 is 0. The minimum atomic E-state index is -1.16. The molecule has 6 rings (SSSR count). The van der Waals surface area contributed by atoms with Crippen molar-refractivity contribution in [2.75, 3.05) is 24.5 Å². The maximum atomic E-state index is 14.0. The number of para-hydroxylation sites is 3. The van der Waals surface area contributed by atoms with Gasteiger partial charge in [-0.05, 0) is 61.6 Å². The normalized spacial score (nSPS) is 16.2. The van der Waals surface area contributed by atoms with Gasteiger partial charge in [-0.25, -0.2) is 14.4 Å². The standard InChI is InChI=1S/C31H30N4O4.CH4.H2S/c36-29(37)28-21-32(30(38)34(22-11-3-1-4-12-22)23-13-5-2-6-14-23)19-20-33(28)31(39)35-26-17-9-7-15-24(26)25-16-8-10-18-27(25)35;;/h1-7,9,11-15,17,28H,8,10,16,18-21H2,(H,36,37);1H4;1H2/t28-;;/m0../s1. The molecule has 2 aliphatic rings. The summed E-state index contributed by atoms with van der Waals surface area (Å²) in [6.07, 6.45) is 3.77. The third-order valence-electron chi connectivity index (χ3n) is 7.77. The lowest BCUT2D eigenvalue weighted by molar-refractivity contribution is -0.143. The maximum absolute atomic E-state index is 14.0. The maximum Gasteiger partial charge on any atom is 0.329 e. The molecule has 8 nitrogen and oxygen atoms in total. The van der Waals surface area contributed by atoms with E-state index in [4.69, 9.17) is 0 Å². The Morgan fingerprint density at radius 2 is 1.37 bits per heavy atom. The van der Waals surface area contributed by atoms with Gasteiger partial charge in [-0.3, -0.25) is 9.47 Å². The number of nitrogens with zero attached hydrogens (tertiary/aromatic N) is 4. The van der Waals surface area contributed by atoms with Gasteiger partial charge in [0.1, 0.15) is 6.04 Å². The van der Waals surface area contributed by atoms with Gasteiger partial charge in [-0.15, -0.1) is 0 Å². The zero-order valence-corrected chi connectivity index (χ0v) is 23.1. The molecule has 2 heterocycles. The number of carboxylic acids is 1. The molecular weight excluding hydrogens is 536 g/mol. The average molecular weight is 573 g/mol. The fourth-order valence-corrected chi connectivity index (χ4v) is 5.90. The number of hydrogen-bond donors (Lipinski definition) is 1. The third-order valence-corrected chi connectivity index (χ3v) is 7.77. The Kier molecular flexibility index (Phi) is 9.08. The summed E-state index contributed by atoms with van der Waals surface area (Å²) in [6, 6.07) is 24.6. The molecule has 0 spiro atoms. The topological polar surface area (TPSA) is 86.1 Å². The van der Waals surface area contributed by atoms with Gasteiger partial charge in [0.05, 0.1) is 23.4 Å². The number of fused-ring (bicyclic) bond motifs is 3. The molecule has 1 atom stereocenters. The second-order valence-corrected chi connectivity index (χ2v) is 10.1. The predicted octanol–water partition coefficient (Wildman–Crippen LogP) is 6.27. The van der Waals surface area contributed by atoms with E-state index in [1.807, 2.05) is 84.9 Å². The molecular formula is C32H36N4O4S. The predicted molar refractivity (Wildman–Crippen MR) is 167 cm³/mol. The van der Waals surface area contributed by atoms with Gasteiger partial charge in [0, 0.05) is 24.2 Å². The van der Waals surface area contributed by atoms with E-state index in [0.29, 0.717) is 11.4 Å². The number of urea groups is 1. The van der Waals surface area contributed by atoms with Crippen molar-refractivity contribution in [1.82, 2.24) is 14.4 Å². The second-order valence-electron chi connectivity index (χ2n) is 10.1. The number of rotatable bonds is 3. The molecule has 0 unspecified atom stereocenters. The van der Waals surface area contributed by atoms with Crippen molar-refractivity contribution in [2.45, 2.75) is 39.2 Å². The summed E-state index contributed by atoms with van der Waals surface area (Å²) in [6.45, 7) is 0.254. The molecule has 0 saturated carbocycles. The van der Waals surface area contributed by atoms with E-state index in [1.165, 1.54) is 15.4 Å². The number of carboxylic acid groups (broad SMARTS) is 1. The van der Waals surface area contributed by atoms with Gasteiger partial charge >= 0.3 is 18.0 Å². The van der Waals surface area contributed by atoms with Gasteiger partial charge in [-0.1, -0.05) is 62.0 Å². The first kappa shape index (κ1) is 29.7. The molecule has 1 fully saturated rings. The van der Waals surface area contributed by atoms with Gasteiger partial charge in [-0.2, -0.15) is 13.5 Å². The van der Waals surface area contributed by atoms with Crippen LogP contribution in [0.3, 0.4) is 0 Å². The zero-order chi connectivity index (χ0) is 26.9. The molecule has 1 N–H and O–H groups in total. The van der Waals surface area contributed by atoms with Crippen molar-refractivity contribution in [3.05, 3.63) is 96.2 Å². The smallest absolute Gasteiger partial charge is 0.329 e. The highest BCUT2D eigenvalue weighted by Gasteiger charge is 2.40. The van der Waals surface area contributed by atoms with Crippen LogP contribution in [0.15, 0.2) is 84.9 Å². The number of aliphatic carboxylic acids is 1. The molecule has 214 valence electrons. The van der Waals surface area contributed by atoms with Crippen LogP contribution in [0, 0.1) is 0 Å². The van der Waals surface area contributed by atoms with Crippen molar-refractivity contribution in [1.29, 1.82) is 0 Å². The van der Waals surface area contributed by atoms with Crippen molar-refractivity contribution in [3.63, 3.8) is 0 Å². The Hall–Kier alpha value is -4.24. The van der Waals surface area contributed by atoms with E-state index < -0.39 is 12.0 Å². The molecule has 9 heteroatoms. The summed E-state index contributed by atoms with van der Waals surface area (Å²) in [4.78, 5) is 45.0. The number of aryl methyl sites for hydroxylation is 1. The van der Waals surface area contributed by atoms with Crippen LogP contribution in [-0.2, 0) is 17.6 Å². The van der Waals surface area contributed by atoms with Crippen molar-refractivity contribution < 1.29 is 19.5 Å². The van der Waals surface area contributed by atoms with Crippen LogP contribution in [0.25, 0.3) is 10.9 Å². The van der Waals surface area contributed by atoms with Crippen LogP contribution >= 0.6 is 13.5 Å². The van der Waals surface area contributed by atoms with Crippen LogP contribution in [-0.4, -0.2) is 63.2 Å². The molecule has 0 radical (unpaired) electrons. The SMILES string of the molecule is C.O=C(O)[C@@H]1CN(C(=O)N(c2ccccc2)c2ccccc2)CCN1C(=O)n1c2c(c3ccccc31)CCCC2.S. The molecule has 3 amide bonds. The molecule has 3 aromatic carbocycles. The van der Waals surface area contributed by atoms with E-state index in [0.717, 1.165) is 42.3 Å². The van der Waals surface area contributed by atoms with Crippen LogP contribution in [0.5, 0.6) is 0 Å². The van der Waals surface area contributed by atoms with Crippen molar-refractivity contribution in [3.8, 4) is 0 Å². The second kappa shape index (κ2) is 12.5. The molecule has 1 aromatic heterocycles. The van der Waals surface area contributed by atoms with Gasteiger partial charge in [0.25, 0.3) is 0 Å². The first-order valence-corrected chi connectivity index (χ1v) is 13.4. The van der Waals surface area contributed by atoms with Crippen LogP contribution in [0.1, 0.15) is 31.5 Å². The number of piperazine rings is 1. The van der Waals surface area contributed by atoms with E-state index in [-0.39, 0.29) is 52.6 Å². The van der Waals surface area contributed by atoms with Gasteiger partial charge in [0.2, 0.25) is 0 Å². The fraction of sp³-hybridized carbons (Fsp3) is 0.281. The number of benzene rings is 3. The minimum Gasteiger partial charge on any atom is -0.480 e. The van der Waals surface area contributed by atoms with Gasteiger partial charge in [0.15, 0.2) is 0 Å². The number of hydrogen-bond acceptors (Lipinski definition) is 3. The average Bonchev–Trinajstić information content (AvgIpc) is 3.32. The summed E-state index contributed by atoms with van der Waals surface area (Å²) in [5.74, 6) is -1.13. The van der Waals surface area contributed by atoms with Crippen LogP contribution < -0.4 is 4.90 Å². The summed E-state index contributed by atoms with van der Waals surface area (Å²) in [5.41, 5.74) is 4.35. The lowest BCUT2D eigenvalue weighted by atomic mass is 9.96. The Labute approximate surface area is 247 Å². The number of carbonyl (C=O) groups excluding carboxylic acids is 2. The van der Waals surface area contributed by atoms with E-state index in [9.17, 15) is 19.5 Å². The Balaban J connectivity index is 0.00000194. The van der Waals surface area contributed by atoms with E-state index in [2.05, 4.69) is 0 Å². The van der Waals surface area contributed by atoms with E-state index in [1.54, 1.807) is 9.47 Å². The molecule has 1 aliphatic carbocycles. The highest BCUT2D eigenvalue weighted by molar-refractivity contribution is 7.59. The first-order valence-electron chi connectivity index (χ1n) is 13.4. The zero-order valence-electron chi connectivity index (χ0n) is 22.1. The summed E-state index contributed by atoms with van der Waals surface area (Å²) in [5, 5.41) is 11.3. The van der Waals surface area contributed by atoms with E-state index >= 15 is 0 Å². The van der Waals surface area contributed by atoms with Crippen LogP contribution in [0.4, 0.5) is 21.0 Å². The summed E-state index contributed by atoms with van der Waals surface area (Å²) < 4.78 is 1.72. The van der Waals surface area contributed by atoms with Crippen LogP contribution in [0.2, 0.25) is 0 Å². The molecule has 4 aromatic rings. The summed E-state index contributed by atoms with van der Waals surface area (Å²) in [7, 11) is 0. The molecule has 0 bridgehead atoms. The van der Waals surface area contributed by atoms with Crippen molar-refractivity contribution >= 4 is 53.8 Å². The number of aromatic nitrogens is 1. The highest BCUT2D eigenvalue weighted by Crippen LogP contribution is 2.33. The Morgan fingerprint density at radius 3 is 2.00 bits per heavy atom. The minimum absolute atomic E-state index is 0. The number of amides is 3. The lowest BCUT2D eigenvalue weighted by Gasteiger charge is -2.41. The third kappa shape index (κ3) is 5.41. The highest BCUT2D eigenvalue weighted by atomic mass is 32.1. The Morgan fingerprint density at radius 1 is 0.780 bits per heavy atom. The number of anilines is 2. The van der Waals surface area contributed by atoms with Crippen molar-refractivity contribution in [2.24, 2.45) is 0 Å². The van der Waals surface area contributed by atoms with Gasteiger partial charge < -0.3 is 14.9 Å².